The zero-order valence-corrected chi connectivity index (χ0v) is 10.1. The Morgan fingerprint density at radius 1 is 1.33 bits per heavy atom. The van der Waals surface area contributed by atoms with Crippen molar-refractivity contribution in [1.82, 2.24) is 5.32 Å². The minimum absolute atomic E-state index is 0.407. The van der Waals surface area contributed by atoms with E-state index in [4.69, 9.17) is 0 Å². The molecular weight excluding hydrogens is 206 g/mol. The average molecular weight is 225 g/mol. The first-order valence-electron chi connectivity index (χ1n) is 5.19. The van der Waals surface area contributed by atoms with Crippen LogP contribution in [0.1, 0.15) is 18.6 Å². The maximum atomic E-state index is 9.87. The second kappa shape index (κ2) is 6.88. The summed E-state index contributed by atoms with van der Waals surface area (Å²) in [5.74, 6) is 1.07. The average Bonchev–Trinajstić information content (AvgIpc) is 2.27. The smallest absolute Gasteiger partial charge is 0.0914 e. The van der Waals surface area contributed by atoms with Gasteiger partial charge in [0.15, 0.2) is 0 Å². The van der Waals surface area contributed by atoms with Crippen LogP contribution in [0.4, 0.5) is 0 Å². The summed E-state index contributed by atoms with van der Waals surface area (Å²) < 4.78 is 0. The van der Waals surface area contributed by atoms with Crippen LogP contribution in [0.25, 0.3) is 0 Å². The number of aliphatic hydroxyl groups excluding tert-OH is 1. The molecule has 0 radical (unpaired) electrons. The van der Waals surface area contributed by atoms with E-state index in [9.17, 15) is 5.11 Å². The van der Waals surface area contributed by atoms with Gasteiger partial charge in [-0.15, -0.1) is 0 Å². The van der Waals surface area contributed by atoms with E-state index in [1.807, 2.05) is 42.1 Å². The molecule has 0 amide bonds. The van der Waals surface area contributed by atoms with Crippen LogP contribution in [0.3, 0.4) is 0 Å². The van der Waals surface area contributed by atoms with Crippen molar-refractivity contribution in [3.8, 4) is 0 Å². The van der Waals surface area contributed by atoms with E-state index < -0.39 is 6.10 Å². The first-order chi connectivity index (χ1) is 7.24. The molecule has 1 aromatic rings. The molecule has 3 heteroatoms. The third-order valence-corrected chi connectivity index (χ3v) is 3.09. The van der Waals surface area contributed by atoms with Crippen molar-refractivity contribution in [2.75, 3.05) is 18.6 Å². The van der Waals surface area contributed by atoms with Gasteiger partial charge in [0.25, 0.3) is 0 Å². The standard InChI is InChI=1S/C12H19NOS/c1-10(9-15-2)13-8-12(14)11-6-4-3-5-7-11/h3-7,10,12-14H,8-9H2,1-2H3. The highest BCUT2D eigenvalue weighted by Gasteiger charge is 2.08. The molecule has 2 atom stereocenters. The molecule has 0 aromatic heterocycles. The van der Waals surface area contributed by atoms with Gasteiger partial charge < -0.3 is 10.4 Å². The van der Waals surface area contributed by atoms with Crippen LogP contribution < -0.4 is 5.32 Å². The van der Waals surface area contributed by atoms with Crippen molar-refractivity contribution in [2.45, 2.75) is 19.1 Å². The maximum Gasteiger partial charge on any atom is 0.0914 e. The third kappa shape index (κ3) is 4.69. The molecular formula is C12H19NOS. The minimum atomic E-state index is -0.407. The second-order valence-corrected chi connectivity index (χ2v) is 4.60. The maximum absolute atomic E-state index is 9.87. The number of thioether (sulfide) groups is 1. The van der Waals surface area contributed by atoms with Crippen LogP contribution in [-0.4, -0.2) is 29.7 Å². The molecule has 0 spiro atoms. The minimum Gasteiger partial charge on any atom is -0.387 e. The summed E-state index contributed by atoms with van der Waals surface area (Å²) in [5, 5.41) is 13.2. The van der Waals surface area contributed by atoms with Crippen LogP contribution in [-0.2, 0) is 0 Å². The molecule has 2 nitrogen and oxygen atoms in total. The van der Waals surface area contributed by atoms with Crippen LogP contribution >= 0.6 is 11.8 Å². The molecule has 0 aliphatic carbocycles. The molecule has 2 unspecified atom stereocenters. The van der Waals surface area contributed by atoms with E-state index in [1.165, 1.54) is 0 Å². The SMILES string of the molecule is CSCC(C)NCC(O)c1ccccc1. The van der Waals surface area contributed by atoms with E-state index in [1.54, 1.807) is 0 Å². The highest BCUT2D eigenvalue weighted by molar-refractivity contribution is 7.98. The molecule has 0 fully saturated rings. The lowest BCUT2D eigenvalue weighted by Crippen LogP contribution is -2.32. The summed E-state index contributed by atoms with van der Waals surface area (Å²) in [6, 6.07) is 10.2. The van der Waals surface area contributed by atoms with Gasteiger partial charge in [0.2, 0.25) is 0 Å². The van der Waals surface area contributed by atoms with Crippen LogP contribution in [0.15, 0.2) is 30.3 Å². The Hall–Kier alpha value is -0.510. The number of aliphatic hydroxyl groups is 1. The van der Waals surface area contributed by atoms with Gasteiger partial charge in [-0.05, 0) is 18.7 Å². The number of nitrogens with one attached hydrogen (secondary N) is 1. The molecule has 0 heterocycles. The number of hydrogen-bond donors (Lipinski definition) is 2. The Morgan fingerprint density at radius 3 is 2.60 bits per heavy atom. The summed E-state index contributed by atoms with van der Waals surface area (Å²) in [6.45, 7) is 2.75. The van der Waals surface area contributed by atoms with Gasteiger partial charge in [0, 0.05) is 18.3 Å². The van der Waals surface area contributed by atoms with Gasteiger partial charge >= 0.3 is 0 Å². The Labute approximate surface area is 96.1 Å². The van der Waals surface area contributed by atoms with Gasteiger partial charge in [-0.25, -0.2) is 0 Å². The van der Waals surface area contributed by atoms with Crippen LogP contribution in [0.5, 0.6) is 0 Å². The van der Waals surface area contributed by atoms with Crippen LogP contribution in [0, 0.1) is 0 Å². The highest BCUT2D eigenvalue weighted by Crippen LogP contribution is 2.10. The van der Waals surface area contributed by atoms with Crippen molar-refractivity contribution in [2.24, 2.45) is 0 Å². The zero-order valence-electron chi connectivity index (χ0n) is 9.31. The molecule has 0 saturated carbocycles. The first-order valence-corrected chi connectivity index (χ1v) is 6.58. The quantitative estimate of drug-likeness (QED) is 0.777. The van der Waals surface area contributed by atoms with Crippen molar-refractivity contribution in [3.05, 3.63) is 35.9 Å². The van der Waals surface area contributed by atoms with E-state index in [2.05, 4.69) is 18.5 Å². The van der Waals surface area contributed by atoms with Gasteiger partial charge in [-0.3, -0.25) is 0 Å². The number of rotatable bonds is 6. The number of hydrogen-bond acceptors (Lipinski definition) is 3. The Balaban J connectivity index is 2.33. The molecule has 0 aliphatic heterocycles. The van der Waals surface area contributed by atoms with Gasteiger partial charge in [0.05, 0.1) is 6.10 Å². The van der Waals surface area contributed by atoms with Gasteiger partial charge in [0.1, 0.15) is 0 Å². The molecule has 0 saturated heterocycles. The molecule has 1 rings (SSSR count). The molecule has 0 bridgehead atoms. The first kappa shape index (κ1) is 12.6. The summed E-state index contributed by atoms with van der Waals surface area (Å²) in [4.78, 5) is 0. The fourth-order valence-electron chi connectivity index (χ4n) is 1.41. The van der Waals surface area contributed by atoms with E-state index in [0.717, 1.165) is 11.3 Å². The van der Waals surface area contributed by atoms with Crippen molar-refractivity contribution in [1.29, 1.82) is 0 Å². The topological polar surface area (TPSA) is 32.3 Å². The van der Waals surface area contributed by atoms with E-state index >= 15 is 0 Å². The van der Waals surface area contributed by atoms with Crippen molar-refractivity contribution < 1.29 is 5.11 Å². The predicted octanol–water partition coefficient (Wildman–Crippen LogP) is 2.06. The Kier molecular flexibility index (Phi) is 5.76. The second-order valence-electron chi connectivity index (χ2n) is 3.69. The predicted molar refractivity (Wildman–Crippen MR) is 67.2 cm³/mol. The summed E-state index contributed by atoms with van der Waals surface area (Å²) >= 11 is 1.81. The normalized spacial score (nSPS) is 14.9. The van der Waals surface area contributed by atoms with E-state index in [0.29, 0.717) is 12.6 Å². The van der Waals surface area contributed by atoms with Gasteiger partial charge in [-0.2, -0.15) is 11.8 Å². The largest absolute Gasteiger partial charge is 0.387 e. The molecule has 2 N–H and O–H groups in total. The molecule has 15 heavy (non-hydrogen) atoms. The van der Waals surface area contributed by atoms with Crippen molar-refractivity contribution in [3.63, 3.8) is 0 Å². The fraction of sp³-hybridized carbons (Fsp3) is 0.500. The third-order valence-electron chi connectivity index (χ3n) is 2.26. The number of benzene rings is 1. The molecule has 1 aromatic carbocycles. The van der Waals surface area contributed by atoms with Gasteiger partial charge in [-0.1, -0.05) is 30.3 Å². The molecule has 84 valence electrons. The Morgan fingerprint density at radius 2 is 2.00 bits per heavy atom. The van der Waals surface area contributed by atoms with E-state index in [-0.39, 0.29) is 0 Å². The lowest BCUT2D eigenvalue weighted by Gasteiger charge is -2.16. The lowest BCUT2D eigenvalue weighted by atomic mass is 10.1. The Bertz CT molecular complexity index is 266. The van der Waals surface area contributed by atoms with Crippen LogP contribution in [0.2, 0.25) is 0 Å². The summed E-state index contributed by atoms with van der Waals surface area (Å²) in [7, 11) is 0. The molecule has 0 aliphatic rings. The zero-order chi connectivity index (χ0) is 11.1. The monoisotopic (exact) mass is 225 g/mol. The van der Waals surface area contributed by atoms with Crippen molar-refractivity contribution >= 4 is 11.8 Å². The summed E-state index contributed by atoms with van der Waals surface area (Å²) in [6.07, 6.45) is 1.68. The summed E-state index contributed by atoms with van der Waals surface area (Å²) in [5.41, 5.74) is 0.973. The fourth-order valence-corrected chi connectivity index (χ4v) is 2.03. The highest BCUT2D eigenvalue weighted by atomic mass is 32.2. The lowest BCUT2D eigenvalue weighted by molar-refractivity contribution is 0.172.